The zero-order valence-electron chi connectivity index (χ0n) is 33.4. The summed E-state index contributed by atoms with van der Waals surface area (Å²) in [6, 6.07) is 30.1. The van der Waals surface area contributed by atoms with Crippen LogP contribution in [0.2, 0.25) is 0 Å². The first kappa shape index (κ1) is 35.4. The average molecular weight is 750 g/mol. The highest BCUT2D eigenvalue weighted by Gasteiger charge is 2.55. The number of benzene rings is 5. The lowest BCUT2D eigenvalue weighted by molar-refractivity contribution is -0.0740. The van der Waals surface area contributed by atoms with Gasteiger partial charge in [0.05, 0.1) is 27.4 Å². The van der Waals surface area contributed by atoms with Gasteiger partial charge >= 0.3 is 0 Å². The Hall–Kier alpha value is -4.98. The molecule has 2 aliphatic carbocycles. The van der Waals surface area contributed by atoms with Crippen LogP contribution in [0.3, 0.4) is 0 Å². The Morgan fingerprint density at radius 2 is 1.34 bits per heavy atom. The number of methoxy groups -OCH3 is 2. The smallest absolute Gasteiger partial charge is 0.187 e. The van der Waals surface area contributed by atoms with E-state index >= 15 is 0 Å². The Morgan fingerprint density at radius 1 is 0.714 bits per heavy atom. The highest BCUT2D eigenvalue weighted by molar-refractivity contribution is 6.09. The zero-order chi connectivity index (χ0) is 38.5. The Balaban J connectivity index is 1.26. The van der Waals surface area contributed by atoms with E-state index in [-0.39, 0.29) is 22.5 Å². The van der Waals surface area contributed by atoms with Crippen molar-refractivity contribution in [2.45, 2.75) is 64.2 Å². The largest absolute Gasteiger partial charge is 0.497 e. The molecule has 5 aromatic rings. The summed E-state index contributed by atoms with van der Waals surface area (Å²) < 4.78 is 38.1. The molecule has 10 rings (SSSR count). The third-order valence-corrected chi connectivity index (χ3v) is 13.0. The second-order valence-corrected chi connectivity index (χ2v) is 18.0. The molecular weight excluding hydrogens is 699 g/mol. The fraction of sp³-hybridized carbons (Fsp3) is 0.388. The number of fused-ring (bicyclic) bond motifs is 11. The van der Waals surface area contributed by atoms with Gasteiger partial charge in [0, 0.05) is 40.6 Å². The SMILES string of the molecule is COc1ccc(C2(c3ccc(OC)cc3)C=Cc3c4c(c5cc6c(cc5c3O2)OCC(N2CCOCC2)O6)-c2ccccc2C42CC(C)(C)CC(C)(C)C2)cc1. The molecule has 0 aromatic heterocycles. The molecule has 3 aliphatic heterocycles. The van der Waals surface area contributed by atoms with E-state index in [2.05, 4.69) is 105 Å². The highest BCUT2D eigenvalue weighted by atomic mass is 16.6. The summed E-state index contributed by atoms with van der Waals surface area (Å²) in [5.41, 5.74) is 7.62. The molecule has 5 aromatic carbocycles. The van der Waals surface area contributed by atoms with Crippen LogP contribution in [0.15, 0.2) is 91.0 Å². The third kappa shape index (κ3) is 5.45. The van der Waals surface area contributed by atoms with E-state index in [1.165, 1.54) is 28.7 Å². The first-order chi connectivity index (χ1) is 27.0. The first-order valence-corrected chi connectivity index (χ1v) is 20.1. The summed E-state index contributed by atoms with van der Waals surface area (Å²) in [5, 5.41) is 2.14. The molecule has 56 heavy (non-hydrogen) atoms. The van der Waals surface area contributed by atoms with Crippen molar-refractivity contribution in [1.82, 2.24) is 4.90 Å². The van der Waals surface area contributed by atoms with E-state index in [9.17, 15) is 0 Å². The van der Waals surface area contributed by atoms with Crippen LogP contribution in [0.25, 0.3) is 28.0 Å². The topological polar surface area (TPSA) is 58.6 Å². The summed E-state index contributed by atoms with van der Waals surface area (Å²) in [4.78, 5) is 2.33. The minimum absolute atomic E-state index is 0.117. The molecule has 3 heterocycles. The van der Waals surface area contributed by atoms with Crippen molar-refractivity contribution in [3.8, 4) is 39.9 Å². The van der Waals surface area contributed by atoms with Crippen LogP contribution in [0.4, 0.5) is 0 Å². The lowest BCUT2D eigenvalue weighted by Gasteiger charge is -2.52. The van der Waals surface area contributed by atoms with Crippen LogP contribution < -0.4 is 23.7 Å². The summed E-state index contributed by atoms with van der Waals surface area (Å²) in [5.74, 6) is 3.96. The molecule has 288 valence electrons. The van der Waals surface area contributed by atoms with E-state index in [1.54, 1.807) is 14.2 Å². The maximum atomic E-state index is 7.73. The number of ether oxygens (including phenoxy) is 6. The highest BCUT2D eigenvalue weighted by Crippen LogP contribution is 2.67. The molecule has 1 unspecified atom stereocenters. The molecule has 5 aliphatic rings. The van der Waals surface area contributed by atoms with Crippen molar-refractivity contribution >= 4 is 16.8 Å². The summed E-state index contributed by atoms with van der Waals surface area (Å²) in [6.07, 6.45) is 7.71. The monoisotopic (exact) mass is 749 g/mol. The molecule has 1 spiro atoms. The summed E-state index contributed by atoms with van der Waals surface area (Å²) in [6.45, 7) is 13.3. The van der Waals surface area contributed by atoms with Crippen molar-refractivity contribution in [3.05, 3.63) is 119 Å². The van der Waals surface area contributed by atoms with Crippen LogP contribution in [0.5, 0.6) is 28.7 Å². The Bertz CT molecular complexity index is 2310. The van der Waals surface area contributed by atoms with Crippen molar-refractivity contribution in [1.29, 1.82) is 0 Å². The number of nitrogens with zero attached hydrogens (tertiary/aromatic N) is 1. The summed E-state index contributed by atoms with van der Waals surface area (Å²) >= 11 is 0. The normalized spacial score (nSPS) is 22.1. The molecule has 0 N–H and O–H groups in total. The zero-order valence-corrected chi connectivity index (χ0v) is 33.4. The lowest BCUT2D eigenvalue weighted by atomic mass is 9.52. The van der Waals surface area contributed by atoms with Crippen molar-refractivity contribution in [2.75, 3.05) is 47.1 Å². The second kappa shape index (κ2) is 12.8. The minimum Gasteiger partial charge on any atom is -0.497 e. The van der Waals surface area contributed by atoms with E-state index in [4.69, 9.17) is 28.4 Å². The lowest BCUT2D eigenvalue weighted by Crippen LogP contribution is -2.50. The van der Waals surface area contributed by atoms with Crippen LogP contribution in [0, 0.1) is 10.8 Å². The molecule has 1 atom stereocenters. The Morgan fingerprint density at radius 3 is 1.98 bits per heavy atom. The van der Waals surface area contributed by atoms with Gasteiger partial charge in [0.2, 0.25) is 0 Å². The van der Waals surface area contributed by atoms with Crippen LogP contribution >= 0.6 is 0 Å². The Kier molecular flexibility index (Phi) is 8.08. The van der Waals surface area contributed by atoms with Gasteiger partial charge in [-0.15, -0.1) is 0 Å². The molecule has 7 heteroatoms. The van der Waals surface area contributed by atoms with Gasteiger partial charge in [-0.05, 0) is 100 Å². The fourth-order valence-electron chi connectivity index (χ4n) is 11.4. The van der Waals surface area contributed by atoms with Gasteiger partial charge in [-0.25, -0.2) is 0 Å². The number of hydrogen-bond donors (Lipinski definition) is 0. The van der Waals surface area contributed by atoms with Crippen LogP contribution in [-0.4, -0.2) is 58.3 Å². The molecule has 0 radical (unpaired) electrons. The van der Waals surface area contributed by atoms with Crippen molar-refractivity contribution in [3.63, 3.8) is 0 Å². The standard InChI is InChI=1S/C49H51NO6/c1-46(2)28-47(3,4)30-48(29-46)39-10-8-7-9-35(39)43-37-25-41-40(54-27-42(55-41)50-21-23-53-24-22-50)26-38(37)45-36(44(43)48)19-20-49(56-45,31-11-15-33(51-5)16-12-31)32-13-17-34(52-6)18-14-32/h7-20,25-26,42H,21-24,27-30H2,1-6H3. The molecule has 0 amide bonds. The molecule has 1 saturated carbocycles. The minimum atomic E-state index is -0.939. The van der Waals surface area contributed by atoms with Gasteiger partial charge in [-0.1, -0.05) is 82.3 Å². The van der Waals surface area contributed by atoms with E-state index in [0.29, 0.717) is 19.8 Å². The van der Waals surface area contributed by atoms with Gasteiger partial charge in [0.15, 0.2) is 23.3 Å². The fourth-order valence-corrected chi connectivity index (χ4v) is 11.4. The number of hydrogen-bond acceptors (Lipinski definition) is 7. The predicted molar refractivity (Wildman–Crippen MR) is 220 cm³/mol. The number of morpholine rings is 1. The van der Waals surface area contributed by atoms with Gasteiger partial charge in [0.25, 0.3) is 0 Å². The molecule has 0 bridgehead atoms. The van der Waals surface area contributed by atoms with Crippen LogP contribution in [0.1, 0.15) is 74.8 Å². The van der Waals surface area contributed by atoms with Crippen molar-refractivity contribution < 1.29 is 28.4 Å². The van der Waals surface area contributed by atoms with Gasteiger partial charge in [0.1, 0.15) is 23.9 Å². The number of rotatable bonds is 5. The maximum absolute atomic E-state index is 7.73. The predicted octanol–water partition coefficient (Wildman–Crippen LogP) is 10.1. The van der Waals surface area contributed by atoms with E-state index in [1.807, 2.05) is 24.3 Å². The molecule has 2 fully saturated rings. The van der Waals surface area contributed by atoms with Gasteiger partial charge in [-0.2, -0.15) is 0 Å². The van der Waals surface area contributed by atoms with Gasteiger partial charge < -0.3 is 28.4 Å². The molecule has 7 nitrogen and oxygen atoms in total. The quantitative estimate of drug-likeness (QED) is 0.177. The van der Waals surface area contributed by atoms with Crippen molar-refractivity contribution in [2.24, 2.45) is 10.8 Å². The van der Waals surface area contributed by atoms with Crippen LogP contribution in [-0.2, 0) is 15.8 Å². The first-order valence-electron chi connectivity index (χ1n) is 20.1. The van der Waals surface area contributed by atoms with Gasteiger partial charge in [-0.3, -0.25) is 4.90 Å². The molecular formula is C49H51NO6. The maximum Gasteiger partial charge on any atom is 0.187 e. The van der Waals surface area contributed by atoms with E-state index < -0.39 is 5.60 Å². The second-order valence-electron chi connectivity index (χ2n) is 18.0. The molecule has 1 saturated heterocycles. The van der Waals surface area contributed by atoms with E-state index in [0.717, 1.165) is 82.1 Å². The third-order valence-electron chi connectivity index (χ3n) is 13.0. The average Bonchev–Trinajstić information content (AvgIpc) is 3.47. The summed E-state index contributed by atoms with van der Waals surface area (Å²) in [7, 11) is 3.40. The Labute approximate surface area is 330 Å².